The van der Waals surface area contributed by atoms with Gasteiger partial charge in [-0.2, -0.15) is 0 Å². The van der Waals surface area contributed by atoms with Crippen molar-refractivity contribution in [2.75, 3.05) is 14.1 Å². The number of rotatable bonds is 3. The van der Waals surface area contributed by atoms with Crippen molar-refractivity contribution >= 4 is 5.78 Å². The fourth-order valence-corrected chi connectivity index (χ4v) is 1.73. The minimum absolute atomic E-state index is 0.152. The monoisotopic (exact) mass is 219 g/mol. The maximum absolute atomic E-state index is 12.4. The first-order valence-corrected chi connectivity index (χ1v) is 5.59. The maximum Gasteiger partial charge on any atom is 0.159 e. The number of carbonyl (C=O) groups excluding carboxylic acids is 1. The molecule has 0 aliphatic rings. The zero-order chi connectivity index (χ0) is 12.3. The van der Waals surface area contributed by atoms with Crippen LogP contribution in [0.1, 0.15) is 32.4 Å². The Kier molecular flexibility index (Phi) is 3.87. The molecule has 0 aromatic heterocycles. The molecular weight excluding hydrogens is 198 g/mol. The molecule has 1 rings (SSSR count). The van der Waals surface area contributed by atoms with E-state index in [1.807, 2.05) is 70.1 Å². The van der Waals surface area contributed by atoms with Crippen LogP contribution in [0.3, 0.4) is 0 Å². The summed E-state index contributed by atoms with van der Waals surface area (Å²) in [4.78, 5) is 14.3. The van der Waals surface area contributed by atoms with Gasteiger partial charge in [0.1, 0.15) is 0 Å². The smallest absolute Gasteiger partial charge is 0.159 e. The average molecular weight is 219 g/mol. The van der Waals surface area contributed by atoms with Gasteiger partial charge in [0.15, 0.2) is 5.78 Å². The molecule has 2 heteroatoms. The third-order valence-electron chi connectivity index (χ3n) is 2.62. The second kappa shape index (κ2) is 4.79. The van der Waals surface area contributed by atoms with Crippen molar-refractivity contribution in [3.63, 3.8) is 0 Å². The van der Waals surface area contributed by atoms with Gasteiger partial charge in [0.2, 0.25) is 0 Å². The maximum atomic E-state index is 12.4. The molecule has 1 aromatic carbocycles. The van der Waals surface area contributed by atoms with Crippen LogP contribution in [0.4, 0.5) is 0 Å². The summed E-state index contributed by atoms with van der Waals surface area (Å²) in [5.41, 5.74) is 0.748. The molecule has 0 saturated heterocycles. The number of Topliss-reactive ketones (excluding diaryl/α,β-unsaturated/α-hetero) is 1. The standard InChI is InChI=1S/C14H21NO/c1-14(2,3)13(16)12(15(4)5)11-9-7-6-8-10-11/h6-10,12H,1-5H3/t12-/m0/s1. The Balaban J connectivity index is 3.07. The minimum Gasteiger partial charge on any atom is -0.297 e. The van der Waals surface area contributed by atoms with Crippen LogP contribution in [0.5, 0.6) is 0 Å². The van der Waals surface area contributed by atoms with Gasteiger partial charge in [0, 0.05) is 5.41 Å². The van der Waals surface area contributed by atoms with Gasteiger partial charge in [-0.15, -0.1) is 0 Å². The summed E-state index contributed by atoms with van der Waals surface area (Å²) in [6, 6.07) is 9.78. The summed E-state index contributed by atoms with van der Waals surface area (Å²) in [7, 11) is 3.89. The fourth-order valence-electron chi connectivity index (χ4n) is 1.73. The van der Waals surface area contributed by atoms with E-state index in [0.717, 1.165) is 5.56 Å². The van der Waals surface area contributed by atoms with Gasteiger partial charge in [-0.1, -0.05) is 51.1 Å². The predicted octanol–water partition coefficient (Wildman–Crippen LogP) is 2.90. The number of hydrogen-bond donors (Lipinski definition) is 0. The second-order valence-corrected chi connectivity index (χ2v) is 5.39. The first-order valence-electron chi connectivity index (χ1n) is 5.59. The van der Waals surface area contributed by atoms with Crippen molar-refractivity contribution in [3.05, 3.63) is 35.9 Å². The third kappa shape index (κ3) is 2.92. The van der Waals surface area contributed by atoms with Gasteiger partial charge in [-0.3, -0.25) is 9.69 Å². The van der Waals surface area contributed by atoms with Crippen LogP contribution >= 0.6 is 0 Å². The Labute approximate surface area is 98.3 Å². The number of carbonyl (C=O) groups is 1. The highest BCUT2D eigenvalue weighted by atomic mass is 16.1. The van der Waals surface area contributed by atoms with E-state index in [1.54, 1.807) is 0 Å². The van der Waals surface area contributed by atoms with Crippen molar-refractivity contribution in [1.29, 1.82) is 0 Å². The molecule has 0 N–H and O–H groups in total. The van der Waals surface area contributed by atoms with Crippen LogP contribution in [-0.2, 0) is 4.79 Å². The SMILES string of the molecule is CN(C)[C@H](C(=O)C(C)(C)C)c1ccccc1. The highest BCUT2D eigenvalue weighted by Crippen LogP contribution is 2.28. The highest BCUT2D eigenvalue weighted by molar-refractivity contribution is 5.89. The number of nitrogens with zero attached hydrogens (tertiary/aromatic N) is 1. The van der Waals surface area contributed by atoms with Crippen LogP contribution in [0.25, 0.3) is 0 Å². The van der Waals surface area contributed by atoms with Gasteiger partial charge >= 0.3 is 0 Å². The zero-order valence-corrected chi connectivity index (χ0v) is 10.8. The molecule has 0 amide bonds. The molecule has 0 radical (unpaired) electrons. The first-order chi connectivity index (χ1) is 7.34. The second-order valence-electron chi connectivity index (χ2n) is 5.39. The van der Waals surface area contributed by atoms with Crippen LogP contribution in [0.15, 0.2) is 30.3 Å². The zero-order valence-electron chi connectivity index (χ0n) is 10.8. The topological polar surface area (TPSA) is 20.3 Å². The molecule has 1 atom stereocenters. The van der Waals surface area contributed by atoms with E-state index in [2.05, 4.69) is 0 Å². The van der Waals surface area contributed by atoms with Gasteiger partial charge in [0.25, 0.3) is 0 Å². The van der Waals surface area contributed by atoms with Crippen molar-refractivity contribution in [3.8, 4) is 0 Å². The number of ketones is 1. The molecule has 16 heavy (non-hydrogen) atoms. The molecule has 0 heterocycles. The highest BCUT2D eigenvalue weighted by Gasteiger charge is 2.31. The lowest BCUT2D eigenvalue weighted by atomic mass is 9.83. The Morgan fingerprint density at radius 2 is 1.62 bits per heavy atom. The molecule has 0 spiro atoms. The van der Waals surface area contributed by atoms with Crippen molar-refractivity contribution in [2.24, 2.45) is 5.41 Å². The molecule has 0 unspecified atom stereocenters. The lowest BCUT2D eigenvalue weighted by Crippen LogP contribution is -2.35. The molecule has 0 aliphatic heterocycles. The van der Waals surface area contributed by atoms with E-state index in [9.17, 15) is 4.79 Å². The van der Waals surface area contributed by atoms with Crippen LogP contribution < -0.4 is 0 Å². The van der Waals surface area contributed by atoms with Gasteiger partial charge in [-0.25, -0.2) is 0 Å². The predicted molar refractivity (Wildman–Crippen MR) is 67.3 cm³/mol. The molecule has 0 bridgehead atoms. The molecule has 0 aliphatic carbocycles. The van der Waals surface area contributed by atoms with Crippen LogP contribution in [0, 0.1) is 5.41 Å². The van der Waals surface area contributed by atoms with Crippen LogP contribution in [-0.4, -0.2) is 24.8 Å². The van der Waals surface area contributed by atoms with E-state index in [-0.39, 0.29) is 17.2 Å². The Morgan fingerprint density at radius 1 is 1.12 bits per heavy atom. The summed E-state index contributed by atoms with van der Waals surface area (Å²) in [5.74, 6) is 0.253. The lowest BCUT2D eigenvalue weighted by molar-refractivity contribution is -0.131. The molecule has 0 saturated carbocycles. The van der Waals surface area contributed by atoms with E-state index in [0.29, 0.717) is 0 Å². The van der Waals surface area contributed by atoms with Gasteiger partial charge < -0.3 is 0 Å². The van der Waals surface area contributed by atoms with Gasteiger partial charge in [0.05, 0.1) is 6.04 Å². The third-order valence-corrected chi connectivity index (χ3v) is 2.62. The Hall–Kier alpha value is -1.15. The number of hydrogen-bond acceptors (Lipinski definition) is 2. The summed E-state index contributed by atoms with van der Waals surface area (Å²) in [6.07, 6.45) is 0. The summed E-state index contributed by atoms with van der Waals surface area (Å²) >= 11 is 0. The first kappa shape index (κ1) is 12.9. The largest absolute Gasteiger partial charge is 0.297 e. The Bertz CT molecular complexity index is 349. The molecular formula is C14H21NO. The molecule has 0 fully saturated rings. The van der Waals surface area contributed by atoms with Gasteiger partial charge in [-0.05, 0) is 19.7 Å². The minimum atomic E-state index is -0.315. The summed E-state index contributed by atoms with van der Waals surface area (Å²) in [6.45, 7) is 5.90. The van der Waals surface area contributed by atoms with E-state index in [1.165, 1.54) is 0 Å². The van der Waals surface area contributed by atoms with E-state index >= 15 is 0 Å². The normalized spacial score (nSPS) is 13.9. The van der Waals surface area contributed by atoms with Crippen molar-refractivity contribution in [2.45, 2.75) is 26.8 Å². The van der Waals surface area contributed by atoms with Crippen molar-refractivity contribution < 1.29 is 4.79 Å². The average Bonchev–Trinajstić information content (AvgIpc) is 2.17. The fraction of sp³-hybridized carbons (Fsp3) is 0.500. The summed E-state index contributed by atoms with van der Waals surface area (Å²) < 4.78 is 0. The molecule has 88 valence electrons. The van der Waals surface area contributed by atoms with Crippen LogP contribution in [0.2, 0.25) is 0 Å². The lowest BCUT2D eigenvalue weighted by Gasteiger charge is -2.29. The van der Waals surface area contributed by atoms with E-state index in [4.69, 9.17) is 0 Å². The van der Waals surface area contributed by atoms with Crippen molar-refractivity contribution in [1.82, 2.24) is 4.90 Å². The molecule has 1 aromatic rings. The number of benzene rings is 1. The summed E-state index contributed by atoms with van der Waals surface area (Å²) in [5, 5.41) is 0. The number of likely N-dealkylation sites (N-methyl/N-ethyl adjacent to an activating group) is 1. The Morgan fingerprint density at radius 3 is 2.00 bits per heavy atom. The molecule has 2 nitrogen and oxygen atoms in total. The van der Waals surface area contributed by atoms with E-state index < -0.39 is 0 Å². The quantitative estimate of drug-likeness (QED) is 0.779.